The molecule has 0 N–H and O–H groups in total. The molecule has 2 atom stereocenters. The van der Waals surface area contributed by atoms with E-state index in [-0.39, 0.29) is 6.29 Å². The van der Waals surface area contributed by atoms with E-state index in [1.807, 2.05) is 43.3 Å². The second-order valence-corrected chi connectivity index (χ2v) is 7.29. The Kier molecular flexibility index (Phi) is 10.4. The van der Waals surface area contributed by atoms with Gasteiger partial charge in [0.25, 0.3) is 0 Å². The standard InChI is InChI=1S/C25H36O4/c1-5-7-10-17-27-24-11-8-9-12-25(24)28-19-18-26-21(4)29-23-15-13-22(14-16-23)20(3)6-2/h8-9,11-16,20-21H,5-7,10,17-19H2,1-4H3. The van der Waals surface area contributed by atoms with Crippen molar-refractivity contribution in [1.29, 1.82) is 0 Å². The van der Waals surface area contributed by atoms with Crippen LogP contribution in [0.3, 0.4) is 0 Å². The van der Waals surface area contributed by atoms with Crippen molar-refractivity contribution in [2.75, 3.05) is 19.8 Å². The Morgan fingerprint density at radius 2 is 1.41 bits per heavy atom. The van der Waals surface area contributed by atoms with E-state index in [0.29, 0.717) is 25.7 Å². The first-order chi connectivity index (χ1) is 14.1. The molecule has 2 aromatic rings. The number of unbranched alkanes of at least 4 members (excludes halogenated alkanes) is 2. The van der Waals surface area contributed by atoms with Gasteiger partial charge in [0.05, 0.1) is 13.2 Å². The van der Waals surface area contributed by atoms with E-state index in [9.17, 15) is 0 Å². The Bertz CT molecular complexity index is 683. The summed E-state index contributed by atoms with van der Waals surface area (Å²) in [6.07, 6.45) is 4.21. The van der Waals surface area contributed by atoms with E-state index in [2.05, 4.69) is 32.9 Å². The first-order valence-electron chi connectivity index (χ1n) is 10.9. The predicted octanol–water partition coefficient (Wildman–Crippen LogP) is 6.59. The van der Waals surface area contributed by atoms with Gasteiger partial charge in [0, 0.05) is 0 Å². The Hall–Kier alpha value is -2.20. The molecular weight excluding hydrogens is 364 g/mol. The summed E-state index contributed by atoms with van der Waals surface area (Å²) < 4.78 is 23.2. The topological polar surface area (TPSA) is 36.9 Å². The van der Waals surface area contributed by atoms with Crippen molar-refractivity contribution in [1.82, 2.24) is 0 Å². The normalized spacial score (nSPS) is 13.0. The van der Waals surface area contributed by atoms with Gasteiger partial charge in [-0.3, -0.25) is 0 Å². The molecule has 160 valence electrons. The van der Waals surface area contributed by atoms with E-state index in [1.165, 1.54) is 18.4 Å². The molecule has 2 rings (SSSR count). The van der Waals surface area contributed by atoms with Crippen molar-refractivity contribution in [2.24, 2.45) is 0 Å². The second-order valence-electron chi connectivity index (χ2n) is 7.29. The molecule has 29 heavy (non-hydrogen) atoms. The van der Waals surface area contributed by atoms with Crippen LogP contribution >= 0.6 is 0 Å². The van der Waals surface area contributed by atoms with Crippen molar-refractivity contribution in [2.45, 2.75) is 65.6 Å². The highest BCUT2D eigenvalue weighted by Crippen LogP contribution is 2.26. The molecule has 0 aliphatic rings. The number of para-hydroxylation sites is 2. The van der Waals surface area contributed by atoms with Gasteiger partial charge in [0.15, 0.2) is 17.8 Å². The molecule has 4 heteroatoms. The fourth-order valence-electron chi connectivity index (χ4n) is 2.92. The van der Waals surface area contributed by atoms with E-state index >= 15 is 0 Å². The van der Waals surface area contributed by atoms with E-state index < -0.39 is 0 Å². The smallest absolute Gasteiger partial charge is 0.197 e. The minimum atomic E-state index is -0.339. The fraction of sp³-hybridized carbons (Fsp3) is 0.520. The van der Waals surface area contributed by atoms with Crippen LogP contribution in [-0.2, 0) is 4.74 Å². The lowest BCUT2D eigenvalue weighted by atomic mass is 9.99. The largest absolute Gasteiger partial charge is 0.490 e. The Balaban J connectivity index is 1.71. The maximum Gasteiger partial charge on any atom is 0.197 e. The van der Waals surface area contributed by atoms with Crippen LogP contribution in [0.15, 0.2) is 48.5 Å². The highest BCUT2D eigenvalue weighted by atomic mass is 16.7. The van der Waals surface area contributed by atoms with Crippen molar-refractivity contribution >= 4 is 0 Å². The zero-order valence-corrected chi connectivity index (χ0v) is 18.4. The van der Waals surface area contributed by atoms with Crippen molar-refractivity contribution < 1.29 is 18.9 Å². The van der Waals surface area contributed by atoms with Gasteiger partial charge in [-0.15, -0.1) is 0 Å². The third kappa shape index (κ3) is 8.36. The lowest BCUT2D eigenvalue weighted by Gasteiger charge is -2.17. The lowest BCUT2D eigenvalue weighted by Crippen LogP contribution is -2.20. The molecule has 0 aliphatic carbocycles. The third-order valence-electron chi connectivity index (χ3n) is 4.91. The van der Waals surface area contributed by atoms with Gasteiger partial charge in [-0.25, -0.2) is 0 Å². The lowest BCUT2D eigenvalue weighted by molar-refractivity contribution is -0.0740. The van der Waals surface area contributed by atoms with Crippen LogP contribution in [0.2, 0.25) is 0 Å². The first kappa shape index (κ1) is 23.1. The molecule has 0 saturated carbocycles. The summed E-state index contributed by atoms with van der Waals surface area (Å²) in [5, 5.41) is 0. The summed E-state index contributed by atoms with van der Waals surface area (Å²) in [5.41, 5.74) is 1.33. The molecule has 0 saturated heterocycles. The average molecular weight is 401 g/mol. The summed E-state index contributed by atoms with van der Waals surface area (Å²) >= 11 is 0. The van der Waals surface area contributed by atoms with Gasteiger partial charge in [0.2, 0.25) is 0 Å². The monoisotopic (exact) mass is 400 g/mol. The molecule has 0 bridgehead atoms. The molecule has 0 heterocycles. The first-order valence-corrected chi connectivity index (χ1v) is 10.9. The molecule has 0 fully saturated rings. The minimum absolute atomic E-state index is 0.339. The molecule has 2 unspecified atom stereocenters. The molecule has 0 radical (unpaired) electrons. The molecule has 0 amide bonds. The maximum atomic E-state index is 5.84. The number of benzene rings is 2. The fourth-order valence-corrected chi connectivity index (χ4v) is 2.92. The molecule has 4 nitrogen and oxygen atoms in total. The van der Waals surface area contributed by atoms with Gasteiger partial charge in [0.1, 0.15) is 12.4 Å². The zero-order chi connectivity index (χ0) is 20.9. The highest BCUT2D eigenvalue weighted by Gasteiger charge is 2.08. The minimum Gasteiger partial charge on any atom is -0.490 e. The quantitative estimate of drug-likeness (QED) is 0.265. The average Bonchev–Trinajstić information content (AvgIpc) is 2.75. The van der Waals surface area contributed by atoms with Crippen molar-refractivity contribution in [3.05, 3.63) is 54.1 Å². The molecule has 0 spiro atoms. The van der Waals surface area contributed by atoms with E-state index in [0.717, 1.165) is 30.1 Å². The summed E-state index contributed by atoms with van der Waals surface area (Å²) in [6, 6.07) is 16.0. The van der Waals surface area contributed by atoms with Crippen LogP contribution in [0, 0.1) is 0 Å². The van der Waals surface area contributed by atoms with Gasteiger partial charge < -0.3 is 18.9 Å². The van der Waals surface area contributed by atoms with Crippen LogP contribution in [0.1, 0.15) is 64.9 Å². The van der Waals surface area contributed by atoms with Gasteiger partial charge in [-0.05, 0) is 55.5 Å². The predicted molar refractivity (Wildman–Crippen MR) is 118 cm³/mol. The highest BCUT2D eigenvalue weighted by molar-refractivity contribution is 5.39. The molecular formula is C25H36O4. The van der Waals surface area contributed by atoms with Gasteiger partial charge in [-0.1, -0.05) is 57.9 Å². The number of rotatable bonds is 14. The zero-order valence-electron chi connectivity index (χ0n) is 18.4. The summed E-state index contributed by atoms with van der Waals surface area (Å²) in [4.78, 5) is 0. The van der Waals surface area contributed by atoms with Crippen LogP contribution < -0.4 is 14.2 Å². The van der Waals surface area contributed by atoms with Crippen LogP contribution in [0.4, 0.5) is 0 Å². The van der Waals surface area contributed by atoms with E-state index in [4.69, 9.17) is 18.9 Å². The van der Waals surface area contributed by atoms with Crippen LogP contribution in [0.5, 0.6) is 17.2 Å². The summed E-state index contributed by atoms with van der Waals surface area (Å²) in [6.45, 7) is 10.1. The third-order valence-corrected chi connectivity index (χ3v) is 4.91. The molecule has 0 aliphatic heterocycles. The molecule has 0 aromatic heterocycles. The van der Waals surface area contributed by atoms with Gasteiger partial charge >= 0.3 is 0 Å². The maximum absolute atomic E-state index is 5.84. The summed E-state index contributed by atoms with van der Waals surface area (Å²) in [7, 11) is 0. The summed E-state index contributed by atoms with van der Waals surface area (Å²) in [5.74, 6) is 2.92. The van der Waals surface area contributed by atoms with Crippen molar-refractivity contribution in [3.63, 3.8) is 0 Å². The van der Waals surface area contributed by atoms with Crippen LogP contribution in [-0.4, -0.2) is 26.1 Å². The number of hydrogen-bond acceptors (Lipinski definition) is 4. The van der Waals surface area contributed by atoms with Crippen LogP contribution in [0.25, 0.3) is 0 Å². The Morgan fingerprint density at radius 1 is 0.759 bits per heavy atom. The van der Waals surface area contributed by atoms with Gasteiger partial charge in [-0.2, -0.15) is 0 Å². The number of hydrogen-bond donors (Lipinski definition) is 0. The number of ether oxygens (including phenoxy) is 4. The second kappa shape index (κ2) is 13.1. The molecule has 2 aromatic carbocycles. The van der Waals surface area contributed by atoms with E-state index in [1.54, 1.807) is 0 Å². The Morgan fingerprint density at radius 3 is 2.03 bits per heavy atom. The SMILES string of the molecule is CCCCCOc1ccccc1OCCOC(C)Oc1ccc(C(C)CC)cc1. The van der Waals surface area contributed by atoms with Crippen molar-refractivity contribution in [3.8, 4) is 17.2 Å². The Labute approximate surface area is 176 Å².